The molecule has 1 aliphatic rings. The fourth-order valence-corrected chi connectivity index (χ4v) is 3.45. The zero-order valence-electron chi connectivity index (χ0n) is 16.0. The Morgan fingerprint density at radius 3 is 2.30 bits per heavy atom. The molecule has 1 atom stereocenters. The summed E-state index contributed by atoms with van der Waals surface area (Å²) < 4.78 is 0. The quantitative estimate of drug-likeness (QED) is 0.852. The number of rotatable bonds is 5. The highest BCUT2D eigenvalue weighted by Crippen LogP contribution is 2.27. The Balaban J connectivity index is 1.53. The van der Waals surface area contributed by atoms with E-state index in [0.717, 1.165) is 5.69 Å². The van der Waals surface area contributed by atoms with Crippen molar-refractivity contribution in [3.8, 4) is 5.75 Å². The molecule has 2 aromatic rings. The number of nitrogens with one attached hydrogen (secondary N) is 1. The van der Waals surface area contributed by atoms with Crippen molar-refractivity contribution in [2.75, 3.05) is 51.7 Å². The van der Waals surface area contributed by atoms with Gasteiger partial charge in [-0.25, -0.2) is 4.79 Å². The van der Waals surface area contributed by atoms with Crippen molar-refractivity contribution < 1.29 is 9.90 Å². The van der Waals surface area contributed by atoms with Gasteiger partial charge in [-0.15, -0.1) is 0 Å². The highest BCUT2D eigenvalue weighted by Gasteiger charge is 2.23. The summed E-state index contributed by atoms with van der Waals surface area (Å²) in [6, 6.07) is 17.6. The number of piperazine rings is 1. The van der Waals surface area contributed by atoms with E-state index in [-0.39, 0.29) is 17.8 Å². The van der Waals surface area contributed by atoms with Crippen LogP contribution in [0.1, 0.15) is 11.6 Å². The van der Waals surface area contributed by atoms with Gasteiger partial charge in [-0.2, -0.15) is 0 Å². The van der Waals surface area contributed by atoms with Gasteiger partial charge in [0, 0.05) is 32.7 Å². The van der Waals surface area contributed by atoms with E-state index in [2.05, 4.69) is 27.2 Å². The summed E-state index contributed by atoms with van der Waals surface area (Å²) in [5.74, 6) is 0.284. The third-order valence-corrected chi connectivity index (χ3v) is 5.04. The average Bonchev–Trinajstić information content (AvgIpc) is 2.69. The number of para-hydroxylation sites is 2. The van der Waals surface area contributed by atoms with Crippen molar-refractivity contribution in [1.29, 1.82) is 0 Å². The molecule has 0 aliphatic carbocycles. The third-order valence-electron chi connectivity index (χ3n) is 5.04. The summed E-state index contributed by atoms with van der Waals surface area (Å²) in [6.07, 6.45) is 0. The second-order valence-corrected chi connectivity index (χ2v) is 7.04. The van der Waals surface area contributed by atoms with Gasteiger partial charge in [0.25, 0.3) is 0 Å². The van der Waals surface area contributed by atoms with Gasteiger partial charge in [-0.1, -0.05) is 42.5 Å². The molecule has 0 aromatic heterocycles. The Kier molecular flexibility index (Phi) is 6.19. The van der Waals surface area contributed by atoms with Gasteiger partial charge in [-0.05, 0) is 31.8 Å². The van der Waals surface area contributed by atoms with Crippen molar-refractivity contribution in [1.82, 2.24) is 15.1 Å². The van der Waals surface area contributed by atoms with Crippen molar-refractivity contribution in [2.24, 2.45) is 0 Å². The minimum Gasteiger partial charge on any atom is -0.506 e. The second-order valence-electron chi connectivity index (χ2n) is 7.04. The molecule has 0 radical (unpaired) electrons. The lowest BCUT2D eigenvalue weighted by Gasteiger charge is -2.36. The van der Waals surface area contributed by atoms with Crippen LogP contribution in [0.15, 0.2) is 54.6 Å². The first-order valence-electron chi connectivity index (χ1n) is 9.33. The van der Waals surface area contributed by atoms with Gasteiger partial charge >= 0.3 is 6.03 Å². The molecule has 2 N–H and O–H groups in total. The van der Waals surface area contributed by atoms with Crippen molar-refractivity contribution in [3.63, 3.8) is 0 Å². The summed E-state index contributed by atoms with van der Waals surface area (Å²) in [4.78, 5) is 18.7. The lowest BCUT2D eigenvalue weighted by Crippen LogP contribution is -2.52. The second kappa shape index (κ2) is 8.77. The third kappa shape index (κ3) is 4.71. The molecule has 1 heterocycles. The SMILES string of the molecule is CN(C)C(CNC(=O)N1CCN(c2ccccc2O)CC1)c1ccccc1. The summed E-state index contributed by atoms with van der Waals surface area (Å²) in [7, 11) is 4.05. The van der Waals surface area contributed by atoms with Gasteiger partial charge in [-0.3, -0.25) is 0 Å². The molecule has 0 spiro atoms. The standard InChI is InChI=1S/C21H28N4O2/c1-23(2)19(17-8-4-3-5-9-17)16-22-21(27)25-14-12-24(13-15-25)18-10-6-7-11-20(18)26/h3-11,19,26H,12-16H2,1-2H3,(H,22,27). The van der Waals surface area contributed by atoms with E-state index >= 15 is 0 Å². The molecule has 0 saturated carbocycles. The molecule has 1 saturated heterocycles. The van der Waals surface area contributed by atoms with Crippen molar-refractivity contribution >= 4 is 11.7 Å². The largest absolute Gasteiger partial charge is 0.506 e. The predicted molar refractivity (Wildman–Crippen MR) is 108 cm³/mol. The van der Waals surface area contributed by atoms with Crippen LogP contribution >= 0.6 is 0 Å². The van der Waals surface area contributed by atoms with Gasteiger partial charge < -0.3 is 25.1 Å². The lowest BCUT2D eigenvalue weighted by molar-refractivity contribution is 0.189. The first-order valence-corrected chi connectivity index (χ1v) is 9.33. The Morgan fingerprint density at radius 1 is 1.04 bits per heavy atom. The van der Waals surface area contributed by atoms with E-state index in [0.29, 0.717) is 32.7 Å². The molecule has 144 valence electrons. The number of phenolic OH excluding ortho intramolecular Hbond substituents is 1. The average molecular weight is 368 g/mol. The van der Waals surface area contributed by atoms with E-state index in [9.17, 15) is 9.90 Å². The van der Waals surface area contributed by atoms with E-state index < -0.39 is 0 Å². The van der Waals surface area contributed by atoms with Crippen LogP contribution in [0.3, 0.4) is 0 Å². The summed E-state index contributed by atoms with van der Waals surface area (Å²) in [5.41, 5.74) is 2.02. The van der Waals surface area contributed by atoms with Crippen LogP contribution in [0.4, 0.5) is 10.5 Å². The van der Waals surface area contributed by atoms with Crippen molar-refractivity contribution in [3.05, 3.63) is 60.2 Å². The molecule has 27 heavy (non-hydrogen) atoms. The number of hydrogen-bond acceptors (Lipinski definition) is 4. The van der Waals surface area contributed by atoms with Crippen LogP contribution in [-0.2, 0) is 0 Å². The van der Waals surface area contributed by atoms with Crippen LogP contribution in [0.2, 0.25) is 0 Å². The lowest BCUT2D eigenvalue weighted by atomic mass is 10.1. The van der Waals surface area contributed by atoms with Crippen LogP contribution in [0.5, 0.6) is 5.75 Å². The fraction of sp³-hybridized carbons (Fsp3) is 0.381. The molecule has 2 amide bonds. The van der Waals surface area contributed by atoms with E-state index in [4.69, 9.17) is 0 Å². The van der Waals surface area contributed by atoms with E-state index in [1.807, 2.05) is 55.4 Å². The number of carbonyl (C=O) groups is 1. The molecule has 6 heteroatoms. The zero-order chi connectivity index (χ0) is 19.2. The summed E-state index contributed by atoms with van der Waals surface area (Å²) in [6.45, 7) is 3.26. The Hall–Kier alpha value is -2.73. The number of amides is 2. The summed E-state index contributed by atoms with van der Waals surface area (Å²) in [5, 5.41) is 13.1. The molecule has 1 fully saturated rings. The number of urea groups is 1. The molecule has 2 aromatic carbocycles. The minimum absolute atomic E-state index is 0.0327. The normalized spacial score (nSPS) is 15.7. The topological polar surface area (TPSA) is 59.1 Å². The molecule has 1 unspecified atom stereocenters. The number of benzene rings is 2. The number of carbonyl (C=O) groups excluding carboxylic acids is 1. The first-order chi connectivity index (χ1) is 13.1. The molecule has 0 bridgehead atoms. The fourth-order valence-electron chi connectivity index (χ4n) is 3.45. The first kappa shape index (κ1) is 19.0. The van der Waals surface area contributed by atoms with Crippen molar-refractivity contribution in [2.45, 2.75) is 6.04 Å². The Morgan fingerprint density at radius 2 is 1.67 bits per heavy atom. The van der Waals surface area contributed by atoms with Gasteiger partial charge in [0.2, 0.25) is 0 Å². The van der Waals surface area contributed by atoms with Gasteiger partial charge in [0.15, 0.2) is 0 Å². The monoisotopic (exact) mass is 368 g/mol. The van der Waals surface area contributed by atoms with Gasteiger partial charge in [0.05, 0.1) is 11.7 Å². The molecule has 1 aliphatic heterocycles. The number of likely N-dealkylation sites (N-methyl/N-ethyl adjacent to an activating group) is 1. The van der Waals surface area contributed by atoms with E-state index in [1.165, 1.54) is 5.56 Å². The maximum absolute atomic E-state index is 12.6. The van der Waals surface area contributed by atoms with Crippen LogP contribution in [-0.4, -0.2) is 67.8 Å². The van der Waals surface area contributed by atoms with Crippen LogP contribution < -0.4 is 10.2 Å². The zero-order valence-corrected chi connectivity index (χ0v) is 16.0. The molecular formula is C21H28N4O2. The molecular weight excluding hydrogens is 340 g/mol. The number of phenols is 1. The number of nitrogens with zero attached hydrogens (tertiary/aromatic N) is 3. The highest BCUT2D eigenvalue weighted by molar-refractivity contribution is 5.74. The summed E-state index contributed by atoms with van der Waals surface area (Å²) >= 11 is 0. The van der Waals surface area contributed by atoms with Crippen LogP contribution in [0.25, 0.3) is 0 Å². The van der Waals surface area contributed by atoms with E-state index in [1.54, 1.807) is 6.07 Å². The maximum Gasteiger partial charge on any atom is 0.317 e. The predicted octanol–water partition coefficient (Wildman–Crippen LogP) is 2.53. The molecule has 6 nitrogen and oxygen atoms in total. The Bertz CT molecular complexity index is 743. The smallest absolute Gasteiger partial charge is 0.317 e. The van der Waals surface area contributed by atoms with Gasteiger partial charge in [0.1, 0.15) is 5.75 Å². The molecule has 3 rings (SSSR count). The number of hydrogen-bond donors (Lipinski definition) is 2. The minimum atomic E-state index is -0.0327. The number of anilines is 1. The van der Waals surface area contributed by atoms with Crippen LogP contribution in [0, 0.1) is 0 Å². The Labute approximate surface area is 161 Å². The highest BCUT2D eigenvalue weighted by atomic mass is 16.3. The maximum atomic E-state index is 12.6. The number of aromatic hydroxyl groups is 1.